The molecule has 7 heteroatoms. The zero-order valence-corrected chi connectivity index (χ0v) is 19.0. The van der Waals surface area contributed by atoms with Crippen molar-refractivity contribution in [3.05, 3.63) is 114 Å². The zero-order valence-electron chi connectivity index (χ0n) is 19.0. The van der Waals surface area contributed by atoms with Crippen molar-refractivity contribution in [2.24, 2.45) is 0 Å². The molecule has 1 N–H and O–H groups in total. The van der Waals surface area contributed by atoms with E-state index in [1.54, 1.807) is 30.5 Å². The van der Waals surface area contributed by atoms with E-state index < -0.39 is 16.7 Å². The van der Waals surface area contributed by atoms with Crippen molar-refractivity contribution < 1.29 is 28.6 Å². The molecule has 0 saturated heterocycles. The molecule has 5 rings (SSSR count). The number of fused-ring (bicyclic) bond motifs is 1. The molecule has 1 aliphatic rings. The number of carbonyl (C=O) groups excluding carboxylic acids is 1. The second-order valence-corrected chi connectivity index (χ2v) is 8.54. The van der Waals surface area contributed by atoms with Crippen molar-refractivity contribution in [1.29, 1.82) is 0 Å². The summed E-state index contributed by atoms with van der Waals surface area (Å²) in [5, 5.41) is 10.2. The number of aromatic nitrogens is 1. The summed E-state index contributed by atoms with van der Waals surface area (Å²) in [7, 11) is 0. The normalized spacial score (nSPS) is 19.1. The summed E-state index contributed by atoms with van der Waals surface area (Å²) in [5.41, 5.74) is 3.76. The third-order valence-corrected chi connectivity index (χ3v) is 6.34. The van der Waals surface area contributed by atoms with Gasteiger partial charge in [0.15, 0.2) is 0 Å². The Morgan fingerprint density at radius 1 is 0.943 bits per heavy atom. The predicted octanol–water partition coefficient (Wildman–Crippen LogP) is 4.68. The van der Waals surface area contributed by atoms with Gasteiger partial charge in [0.1, 0.15) is 19.4 Å². The molecule has 0 saturated carbocycles. The van der Waals surface area contributed by atoms with Crippen LogP contribution in [0.5, 0.6) is 0 Å². The fourth-order valence-corrected chi connectivity index (χ4v) is 4.55. The maximum absolute atomic E-state index is 13.8. The van der Waals surface area contributed by atoms with Gasteiger partial charge in [-0.05, 0) is 29.8 Å². The van der Waals surface area contributed by atoms with Crippen LogP contribution in [0.1, 0.15) is 27.2 Å². The van der Waals surface area contributed by atoms with Crippen LogP contribution in [0.15, 0.2) is 95.6 Å². The Hall–Kier alpha value is -4.07. The Balaban J connectivity index is 1.44. The van der Waals surface area contributed by atoms with E-state index in [1.807, 2.05) is 60.7 Å². The minimum absolute atomic E-state index is 0.102. The highest BCUT2D eigenvalue weighted by Gasteiger charge is 2.54. The summed E-state index contributed by atoms with van der Waals surface area (Å²) in [5.74, 6) is -0.950. The zero-order chi connectivity index (χ0) is 24.3. The summed E-state index contributed by atoms with van der Waals surface area (Å²) in [4.78, 5) is 37.0. The molecular formula is C28H25N2O5+. The van der Waals surface area contributed by atoms with Gasteiger partial charge in [-0.1, -0.05) is 65.3 Å². The number of carbonyl (C=O) groups is 2. The molecule has 4 aromatic rings. The van der Waals surface area contributed by atoms with Crippen molar-refractivity contribution in [3.8, 4) is 11.5 Å². The van der Waals surface area contributed by atoms with Crippen LogP contribution in [0.3, 0.4) is 0 Å². The standard InChI is InChI=1S/C28H24N2O5/c31-27(21-11-5-2-6-12-21)30(18-23-14-8-7-13-22(23)17-25(30)28(32)33)35-16-15-24-19-34-26(29-24)20-9-3-1-4-10-20/h1-14,19,25H,15-18H2/p+1. The van der Waals surface area contributed by atoms with Crippen LogP contribution < -0.4 is 0 Å². The number of carboxylic acid groups (broad SMARTS) is 1. The van der Waals surface area contributed by atoms with Crippen LogP contribution in [-0.2, 0) is 29.0 Å². The highest BCUT2D eigenvalue weighted by molar-refractivity contribution is 5.90. The van der Waals surface area contributed by atoms with Crippen molar-refractivity contribution in [1.82, 2.24) is 4.98 Å². The third-order valence-electron chi connectivity index (χ3n) is 6.34. The molecule has 2 heterocycles. The fraction of sp³-hybridized carbons (Fsp3) is 0.179. The van der Waals surface area contributed by atoms with E-state index in [4.69, 9.17) is 9.25 Å². The average molecular weight is 470 g/mol. The summed E-state index contributed by atoms with van der Waals surface area (Å²) >= 11 is 0. The number of rotatable bonds is 7. The second-order valence-electron chi connectivity index (χ2n) is 8.54. The Kier molecular flexibility index (Phi) is 6.27. The molecular weight excluding hydrogens is 444 g/mol. The smallest absolute Gasteiger partial charge is 0.379 e. The van der Waals surface area contributed by atoms with E-state index in [0.717, 1.165) is 16.7 Å². The predicted molar refractivity (Wildman–Crippen MR) is 128 cm³/mol. The maximum atomic E-state index is 13.8. The summed E-state index contributed by atoms with van der Waals surface area (Å²) in [6.45, 7) is 0.236. The summed E-state index contributed by atoms with van der Waals surface area (Å²) in [6, 6.07) is 24.8. The number of amides is 1. The molecule has 2 atom stereocenters. The molecule has 1 aromatic heterocycles. The lowest BCUT2D eigenvalue weighted by Crippen LogP contribution is -2.64. The van der Waals surface area contributed by atoms with Crippen molar-refractivity contribution in [3.63, 3.8) is 0 Å². The minimum Gasteiger partial charge on any atom is -0.477 e. The van der Waals surface area contributed by atoms with E-state index in [2.05, 4.69) is 4.98 Å². The first-order chi connectivity index (χ1) is 17.1. The maximum Gasteiger partial charge on any atom is 0.379 e. The van der Waals surface area contributed by atoms with E-state index in [1.165, 1.54) is 0 Å². The van der Waals surface area contributed by atoms with Gasteiger partial charge in [0, 0.05) is 24.0 Å². The van der Waals surface area contributed by atoms with Crippen LogP contribution in [-0.4, -0.2) is 39.3 Å². The first-order valence-electron chi connectivity index (χ1n) is 11.5. The lowest BCUT2D eigenvalue weighted by atomic mass is 9.92. The monoisotopic (exact) mass is 469 g/mol. The topological polar surface area (TPSA) is 89.6 Å². The van der Waals surface area contributed by atoms with Gasteiger partial charge in [-0.3, -0.25) is 0 Å². The fourth-order valence-electron chi connectivity index (χ4n) is 4.55. The summed E-state index contributed by atoms with van der Waals surface area (Å²) < 4.78 is 4.97. The molecule has 0 fully saturated rings. The van der Waals surface area contributed by atoms with Crippen LogP contribution >= 0.6 is 0 Å². The molecule has 1 amide bonds. The van der Waals surface area contributed by atoms with Gasteiger partial charge in [-0.15, -0.1) is 0 Å². The molecule has 0 aliphatic carbocycles. The lowest BCUT2D eigenvalue weighted by Gasteiger charge is -2.40. The number of hydrogen-bond donors (Lipinski definition) is 1. The van der Waals surface area contributed by atoms with Gasteiger partial charge >= 0.3 is 11.9 Å². The van der Waals surface area contributed by atoms with Gasteiger partial charge in [0.05, 0.1) is 11.3 Å². The van der Waals surface area contributed by atoms with Crippen molar-refractivity contribution >= 4 is 11.9 Å². The molecule has 35 heavy (non-hydrogen) atoms. The highest BCUT2D eigenvalue weighted by Crippen LogP contribution is 2.34. The number of aliphatic carboxylic acids is 1. The number of carboxylic acids is 1. The van der Waals surface area contributed by atoms with Crippen LogP contribution in [0.2, 0.25) is 0 Å². The Morgan fingerprint density at radius 2 is 1.60 bits per heavy atom. The van der Waals surface area contributed by atoms with E-state index in [9.17, 15) is 14.7 Å². The van der Waals surface area contributed by atoms with E-state index >= 15 is 0 Å². The quantitative estimate of drug-likeness (QED) is 0.395. The number of benzene rings is 3. The van der Waals surface area contributed by atoms with Crippen molar-refractivity contribution in [2.75, 3.05) is 6.61 Å². The number of quaternary nitrogens is 1. The van der Waals surface area contributed by atoms with Crippen LogP contribution in [0.4, 0.5) is 0 Å². The molecule has 176 valence electrons. The summed E-state index contributed by atoms with van der Waals surface area (Å²) in [6.07, 6.45) is 2.13. The van der Waals surface area contributed by atoms with E-state index in [0.29, 0.717) is 23.6 Å². The first kappa shape index (κ1) is 22.7. The molecule has 1 aliphatic heterocycles. The molecule has 0 radical (unpaired) electrons. The van der Waals surface area contributed by atoms with Crippen LogP contribution in [0, 0.1) is 0 Å². The molecule has 3 aromatic carbocycles. The Labute approximate surface area is 202 Å². The second kappa shape index (κ2) is 9.66. The van der Waals surface area contributed by atoms with Crippen LogP contribution in [0.25, 0.3) is 11.5 Å². The van der Waals surface area contributed by atoms with Gasteiger partial charge in [-0.2, -0.15) is 4.84 Å². The number of hydroxylamine groups is 3. The molecule has 7 nitrogen and oxygen atoms in total. The molecule has 0 spiro atoms. The average Bonchev–Trinajstić information content (AvgIpc) is 3.37. The first-order valence-corrected chi connectivity index (χ1v) is 11.5. The third kappa shape index (κ3) is 4.51. The molecule has 2 unspecified atom stereocenters. The highest BCUT2D eigenvalue weighted by atomic mass is 16.7. The Bertz CT molecular complexity index is 1340. The SMILES string of the molecule is O=C(O)C1Cc2ccccc2C[N+]1(OCCc1coc(-c2ccccc2)n1)C(=O)c1ccccc1. The lowest BCUT2D eigenvalue weighted by molar-refractivity contribution is -1.06. The van der Waals surface area contributed by atoms with Gasteiger partial charge in [0.25, 0.3) is 0 Å². The number of oxazole rings is 1. The largest absolute Gasteiger partial charge is 0.477 e. The van der Waals surface area contributed by atoms with E-state index in [-0.39, 0.29) is 25.5 Å². The van der Waals surface area contributed by atoms with Gasteiger partial charge in [0.2, 0.25) is 11.9 Å². The van der Waals surface area contributed by atoms with Gasteiger partial charge < -0.3 is 9.52 Å². The van der Waals surface area contributed by atoms with Gasteiger partial charge in [-0.25, -0.2) is 14.6 Å². The number of hydrogen-bond acceptors (Lipinski definition) is 5. The number of nitrogens with zero attached hydrogens (tertiary/aromatic N) is 2. The minimum atomic E-state index is -1.07. The Morgan fingerprint density at radius 3 is 2.31 bits per heavy atom. The molecule has 0 bridgehead atoms. The van der Waals surface area contributed by atoms with Crippen molar-refractivity contribution in [2.45, 2.75) is 25.4 Å².